The van der Waals surface area contributed by atoms with Crippen LogP contribution in [0.2, 0.25) is 0 Å². The summed E-state index contributed by atoms with van der Waals surface area (Å²) in [5, 5.41) is 3.62. The number of likely N-dealkylation sites (tertiary alicyclic amines) is 1. The van der Waals surface area contributed by atoms with Crippen LogP contribution in [-0.4, -0.2) is 38.2 Å². The van der Waals surface area contributed by atoms with E-state index in [0.29, 0.717) is 6.04 Å². The highest BCUT2D eigenvalue weighted by Gasteiger charge is 2.20. The lowest BCUT2D eigenvalue weighted by Gasteiger charge is -2.18. The largest absolute Gasteiger partial charge is 0.496 e. The molecule has 1 unspecified atom stereocenters. The first-order chi connectivity index (χ1) is 8.11. The van der Waals surface area contributed by atoms with Gasteiger partial charge in [-0.3, -0.25) is 0 Å². The van der Waals surface area contributed by atoms with Gasteiger partial charge in [0.05, 0.1) is 7.11 Å². The Labute approximate surface area is 104 Å². The number of likely N-dealkylation sites (N-methyl/N-ethyl adjacent to an activating group) is 1. The van der Waals surface area contributed by atoms with Crippen molar-refractivity contribution in [3.05, 3.63) is 23.3 Å². The van der Waals surface area contributed by atoms with Crippen molar-refractivity contribution in [2.24, 2.45) is 0 Å². The van der Waals surface area contributed by atoms with Crippen LogP contribution in [0.25, 0.3) is 0 Å². The van der Waals surface area contributed by atoms with Gasteiger partial charge in [0.15, 0.2) is 0 Å². The Kier molecular flexibility index (Phi) is 3.57. The number of nitrogens with zero attached hydrogens (tertiary/aromatic N) is 1. The van der Waals surface area contributed by atoms with Crippen molar-refractivity contribution in [1.29, 1.82) is 0 Å². The highest BCUT2D eigenvalue weighted by molar-refractivity contribution is 5.60. The number of benzene rings is 1. The van der Waals surface area contributed by atoms with Gasteiger partial charge in [0.25, 0.3) is 0 Å². The van der Waals surface area contributed by atoms with E-state index in [1.54, 1.807) is 7.11 Å². The molecule has 2 rings (SSSR count). The summed E-state index contributed by atoms with van der Waals surface area (Å²) < 4.78 is 5.45. The van der Waals surface area contributed by atoms with Gasteiger partial charge in [-0.25, -0.2) is 0 Å². The van der Waals surface area contributed by atoms with Gasteiger partial charge in [-0.05, 0) is 45.5 Å². The summed E-state index contributed by atoms with van der Waals surface area (Å²) in [6.07, 6.45) is 1.21. The Morgan fingerprint density at radius 3 is 2.71 bits per heavy atom. The van der Waals surface area contributed by atoms with E-state index in [-0.39, 0.29) is 0 Å². The van der Waals surface area contributed by atoms with Crippen LogP contribution in [0.5, 0.6) is 5.75 Å². The monoisotopic (exact) mass is 234 g/mol. The zero-order chi connectivity index (χ0) is 12.4. The number of hydrogen-bond donors (Lipinski definition) is 1. The summed E-state index contributed by atoms with van der Waals surface area (Å²) in [4.78, 5) is 2.36. The van der Waals surface area contributed by atoms with Crippen LogP contribution in [0.4, 0.5) is 5.69 Å². The topological polar surface area (TPSA) is 24.5 Å². The van der Waals surface area contributed by atoms with Crippen LogP contribution in [0.1, 0.15) is 17.5 Å². The van der Waals surface area contributed by atoms with Gasteiger partial charge >= 0.3 is 0 Å². The minimum atomic E-state index is 0.561. The SMILES string of the molecule is COc1c(C)ccc(NC2CCN(C)C2)c1C. The fourth-order valence-electron chi connectivity index (χ4n) is 2.57. The number of hydrogen-bond acceptors (Lipinski definition) is 3. The molecule has 0 aromatic heterocycles. The normalized spacial score (nSPS) is 20.6. The van der Waals surface area contributed by atoms with Crippen LogP contribution < -0.4 is 10.1 Å². The third-order valence-electron chi connectivity index (χ3n) is 3.56. The first-order valence-corrected chi connectivity index (χ1v) is 6.21. The average molecular weight is 234 g/mol. The van der Waals surface area contributed by atoms with Crippen LogP contribution >= 0.6 is 0 Å². The maximum atomic E-state index is 5.45. The smallest absolute Gasteiger partial charge is 0.126 e. The number of ether oxygens (including phenoxy) is 1. The lowest BCUT2D eigenvalue weighted by molar-refractivity contribution is 0.408. The summed E-state index contributed by atoms with van der Waals surface area (Å²) in [7, 11) is 3.91. The first-order valence-electron chi connectivity index (χ1n) is 6.21. The number of aryl methyl sites for hydroxylation is 1. The Hall–Kier alpha value is -1.22. The van der Waals surface area contributed by atoms with E-state index in [4.69, 9.17) is 4.74 Å². The van der Waals surface area contributed by atoms with Gasteiger partial charge in [-0.1, -0.05) is 6.07 Å². The molecule has 0 aliphatic carbocycles. The lowest BCUT2D eigenvalue weighted by Crippen LogP contribution is -2.23. The molecular formula is C14H22N2O. The van der Waals surface area contributed by atoms with Gasteiger partial charge in [0.1, 0.15) is 5.75 Å². The van der Waals surface area contributed by atoms with Crippen molar-refractivity contribution in [2.45, 2.75) is 26.3 Å². The highest BCUT2D eigenvalue weighted by Crippen LogP contribution is 2.30. The van der Waals surface area contributed by atoms with Crippen molar-refractivity contribution in [1.82, 2.24) is 4.90 Å². The second kappa shape index (κ2) is 4.96. The third kappa shape index (κ3) is 2.55. The Bertz CT molecular complexity index is 403. The van der Waals surface area contributed by atoms with E-state index >= 15 is 0 Å². The molecule has 1 saturated heterocycles. The van der Waals surface area contributed by atoms with Crippen molar-refractivity contribution < 1.29 is 4.74 Å². The molecular weight excluding hydrogens is 212 g/mol. The van der Waals surface area contributed by atoms with Crippen LogP contribution in [0.3, 0.4) is 0 Å². The maximum Gasteiger partial charge on any atom is 0.126 e. The van der Waals surface area contributed by atoms with Gasteiger partial charge in [0, 0.05) is 23.8 Å². The maximum absolute atomic E-state index is 5.45. The molecule has 1 aliphatic rings. The van der Waals surface area contributed by atoms with E-state index in [2.05, 4.69) is 43.2 Å². The average Bonchev–Trinajstić information content (AvgIpc) is 2.69. The third-order valence-corrected chi connectivity index (χ3v) is 3.56. The second-order valence-electron chi connectivity index (χ2n) is 4.98. The van der Waals surface area contributed by atoms with Crippen molar-refractivity contribution in [3.8, 4) is 5.75 Å². The molecule has 1 atom stereocenters. The molecule has 0 amide bonds. The summed E-state index contributed by atoms with van der Waals surface area (Å²) in [6.45, 7) is 6.50. The molecule has 3 heteroatoms. The molecule has 0 radical (unpaired) electrons. The Balaban J connectivity index is 2.16. The number of anilines is 1. The van der Waals surface area contributed by atoms with Gasteiger partial charge in [0.2, 0.25) is 0 Å². The molecule has 1 heterocycles. The minimum absolute atomic E-state index is 0.561. The van der Waals surface area contributed by atoms with Crippen LogP contribution in [0.15, 0.2) is 12.1 Å². The fraction of sp³-hybridized carbons (Fsp3) is 0.571. The number of nitrogens with one attached hydrogen (secondary N) is 1. The summed E-state index contributed by atoms with van der Waals surface area (Å²) >= 11 is 0. The zero-order valence-corrected chi connectivity index (χ0v) is 11.2. The molecule has 3 nitrogen and oxygen atoms in total. The molecule has 94 valence electrons. The summed E-state index contributed by atoms with van der Waals surface area (Å²) in [5.41, 5.74) is 3.61. The predicted molar refractivity (Wildman–Crippen MR) is 72.0 cm³/mol. The highest BCUT2D eigenvalue weighted by atomic mass is 16.5. The van der Waals surface area contributed by atoms with Gasteiger partial charge in [-0.15, -0.1) is 0 Å². The Morgan fingerprint density at radius 1 is 1.35 bits per heavy atom. The van der Waals surface area contributed by atoms with Crippen molar-refractivity contribution in [3.63, 3.8) is 0 Å². The first kappa shape index (κ1) is 12.2. The van der Waals surface area contributed by atoms with Crippen LogP contribution in [0, 0.1) is 13.8 Å². The lowest BCUT2D eigenvalue weighted by atomic mass is 10.1. The van der Waals surface area contributed by atoms with Crippen molar-refractivity contribution in [2.75, 3.05) is 32.6 Å². The van der Waals surface area contributed by atoms with E-state index in [1.807, 2.05) is 0 Å². The van der Waals surface area contributed by atoms with Crippen molar-refractivity contribution >= 4 is 5.69 Å². The van der Waals surface area contributed by atoms with E-state index in [1.165, 1.54) is 29.8 Å². The molecule has 1 N–H and O–H groups in total. The quantitative estimate of drug-likeness (QED) is 0.869. The zero-order valence-electron chi connectivity index (χ0n) is 11.2. The standard InChI is InChI=1S/C14H22N2O/c1-10-5-6-13(11(2)14(10)17-4)15-12-7-8-16(3)9-12/h5-6,12,15H,7-9H2,1-4H3. The predicted octanol–water partition coefficient (Wildman–Crippen LogP) is 2.43. The van der Waals surface area contributed by atoms with Crippen LogP contribution in [-0.2, 0) is 0 Å². The molecule has 17 heavy (non-hydrogen) atoms. The van der Waals surface area contributed by atoms with E-state index < -0.39 is 0 Å². The summed E-state index contributed by atoms with van der Waals surface area (Å²) in [5.74, 6) is 1.00. The molecule has 0 spiro atoms. The Morgan fingerprint density at radius 2 is 2.12 bits per heavy atom. The summed E-state index contributed by atoms with van der Waals surface area (Å²) in [6, 6.07) is 4.84. The second-order valence-corrected chi connectivity index (χ2v) is 4.98. The van der Waals surface area contributed by atoms with Gasteiger partial charge in [-0.2, -0.15) is 0 Å². The molecule has 1 fully saturated rings. The van der Waals surface area contributed by atoms with Gasteiger partial charge < -0.3 is 15.0 Å². The molecule has 1 aliphatic heterocycles. The molecule has 1 aromatic rings. The number of methoxy groups -OCH3 is 1. The minimum Gasteiger partial charge on any atom is -0.496 e. The van der Waals surface area contributed by atoms with E-state index in [9.17, 15) is 0 Å². The molecule has 0 saturated carbocycles. The molecule has 0 bridgehead atoms. The number of rotatable bonds is 3. The molecule has 1 aromatic carbocycles. The fourth-order valence-corrected chi connectivity index (χ4v) is 2.57. The van der Waals surface area contributed by atoms with E-state index in [0.717, 1.165) is 12.3 Å².